The van der Waals surface area contributed by atoms with Crippen LogP contribution in [0.1, 0.15) is 37.6 Å². The van der Waals surface area contributed by atoms with Gasteiger partial charge in [0.1, 0.15) is 5.75 Å². The summed E-state index contributed by atoms with van der Waals surface area (Å²) in [5.41, 5.74) is 1.46. The fourth-order valence-electron chi connectivity index (χ4n) is 3.06. The van der Waals surface area contributed by atoms with Gasteiger partial charge in [0, 0.05) is 11.8 Å². The second-order valence-corrected chi connectivity index (χ2v) is 6.44. The molecule has 0 saturated carbocycles. The molecule has 1 aliphatic heterocycles. The molecule has 1 fully saturated rings. The average Bonchev–Trinajstić information content (AvgIpc) is 2.52. The summed E-state index contributed by atoms with van der Waals surface area (Å²) in [4.78, 5) is 18.8. The minimum atomic E-state index is -0.426. The van der Waals surface area contributed by atoms with Crippen molar-refractivity contribution < 1.29 is 19.3 Å². The summed E-state index contributed by atoms with van der Waals surface area (Å²) in [6, 6.07) is 6.98. The molecule has 0 aromatic heterocycles. The van der Waals surface area contributed by atoms with E-state index in [-0.39, 0.29) is 0 Å². The molecular formula is C18H27N2O3+. The van der Waals surface area contributed by atoms with Crippen LogP contribution in [0.15, 0.2) is 29.4 Å². The van der Waals surface area contributed by atoms with Crippen LogP contribution in [-0.4, -0.2) is 38.4 Å². The Morgan fingerprint density at radius 2 is 1.83 bits per heavy atom. The lowest BCUT2D eigenvalue weighted by Gasteiger charge is -2.30. The smallest absolute Gasteiger partial charge is 0.365 e. The number of carbonyl (C=O) groups excluding carboxylic acids is 1. The first-order valence-corrected chi connectivity index (χ1v) is 8.34. The van der Waals surface area contributed by atoms with Gasteiger partial charge >= 0.3 is 5.97 Å². The lowest BCUT2D eigenvalue weighted by molar-refractivity contribution is -0.887. The highest BCUT2D eigenvalue weighted by molar-refractivity contribution is 5.92. The highest BCUT2D eigenvalue weighted by Gasteiger charge is 2.30. The van der Waals surface area contributed by atoms with E-state index in [0.29, 0.717) is 24.0 Å². The molecule has 0 spiro atoms. The monoisotopic (exact) mass is 319 g/mol. The van der Waals surface area contributed by atoms with Crippen LogP contribution in [0.3, 0.4) is 0 Å². The van der Waals surface area contributed by atoms with Crippen LogP contribution in [-0.2, 0) is 4.84 Å². The van der Waals surface area contributed by atoms with Crippen molar-refractivity contribution in [2.75, 3.05) is 26.7 Å². The van der Waals surface area contributed by atoms with E-state index >= 15 is 0 Å². The van der Waals surface area contributed by atoms with Crippen LogP contribution >= 0.6 is 0 Å². The average molecular weight is 319 g/mol. The number of hydrogen-bond donors (Lipinski definition) is 1. The van der Waals surface area contributed by atoms with Gasteiger partial charge in [-0.25, -0.2) is 4.79 Å². The second kappa shape index (κ2) is 8.11. The van der Waals surface area contributed by atoms with Crippen molar-refractivity contribution in [1.29, 1.82) is 0 Å². The molecule has 23 heavy (non-hydrogen) atoms. The number of rotatable bonds is 5. The van der Waals surface area contributed by atoms with Gasteiger partial charge in [-0.05, 0) is 30.7 Å². The number of carbonyl (C=O) groups is 1. The van der Waals surface area contributed by atoms with Gasteiger partial charge in [0.15, 0.2) is 0 Å². The molecule has 1 saturated heterocycles. The maximum absolute atomic E-state index is 12.1. The summed E-state index contributed by atoms with van der Waals surface area (Å²) in [6.45, 7) is 9.02. The van der Waals surface area contributed by atoms with Crippen LogP contribution in [0.4, 0.5) is 0 Å². The van der Waals surface area contributed by atoms with E-state index in [9.17, 15) is 4.79 Å². The molecule has 0 radical (unpaired) electrons. The van der Waals surface area contributed by atoms with Crippen LogP contribution in [0.2, 0.25) is 0 Å². The predicted octanol–water partition coefficient (Wildman–Crippen LogP) is 1.79. The van der Waals surface area contributed by atoms with Crippen molar-refractivity contribution in [2.45, 2.75) is 27.2 Å². The maximum Gasteiger partial charge on any atom is 0.365 e. The highest BCUT2D eigenvalue weighted by atomic mass is 16.7. The van der Waals surface area contributed by atoms with Gasteiger partial charge in [-0.3, -0.25) is 0 Å². The van der Waals surface area contributed by atoms with Crippen molar-refractivity contribution in [2.24, 2.45) is 17.0 Å². The Kier molecular flexibility index (Phi) is 6.16. The molecule has 1 N–H and O–H groups in total. The Morgan fingerprint density at radius 1 is 1.22 bits per heavy atom. The molecule has 1 heterocycles. The molecule has 2 rings (SSSR count). The summed E-state index contributed by atoms with van der Waals surface area (Å²) >= 11 is 0. The third-order valence-corrected chi connectivity index (χ3v) is 4.12. The van der Waals surface area contributed by atoms with E-state index in [1.54, 1.807) is 24.3 Å². The number of hydrogen-bond acceptors (Lipinski definition) is 4. The van der Waals surface area contributed by atoms with E-state index < -0.39 is 5.97 Å². The molecule has 5 heteroatoms. The van der Waals surface area contributed by atoms with Crippen molar-refractivity contribution in [1.82, 2.24) is 0 Å². The van der Waals surface area contributed by atoms with E-state index in [1.807, 2.05) is 0 Å². The summed E-state index contributed by atoms with van der Waals surface area (Å²) in [5.74, 6) is 0.994. The first-order valence-electron chi connectivity index (χ1n) is 8.34. The van der Waals surface area contributed by atoms with E-state index in [0.717, 1.165) is 31.0 Å². The van der Waals surface area contributed by atoms with E-state index in [1.165, 1.54) is 4.90 Å². The van der Waals surface area contributed by atoms with Gasteiger partial charge in [0.05, 0.1) is 38.0 Å². The van der Waals surface area contributed by atoms with Gasteiger partial charge in [-0.2, -0.15) is 0 Å². The number of benzene rings is 1. The van der Waals surface area contributed by atoms with Crippen LogP contribution < -0.4 is 9.64 Å². The van der Waals surface area contributed by atoms with E-state index in [2.05, 4.69) is 33.0 Å². The van der Waals surface area contributed by atoms with Crippen LogP contribution in [0.5, 0.6) is 5.75 Å². The zero-order valence-corrected chi connectivity index (χ0v) is 14.5. The minimum Gasteiger partial charge on any atom is -0.494 e. The standard InChI is InChI=1S/C18H26N2O3/c1-5-10-22-16-8-6-15(7-9-16)18(21)23-19-17-13(2)11-20(4)12-14(17)3/h6-9,13-14H,5,10-12H2,1-4H3/p+1/t13-,14-/m1/s1. The normalized spacial score (nSPS) is 24.2. The van der Waals surface area contributed by atoms with Crippen molar-refractivity contribution in [3.05, 3.63) is 29.8 Å². The zero-order chi connectivity index (χ0) is 16.8. The summed E-state index contributed by atoms with van der Waals surface area (Å²) in [5, 5.41) is 4.15. The topological polar surface area (TPSA) is 52.3 Å². The molecule has 0 amide bonds. The Labute approximate surface area is 138 Å². The quantitative estimate of drug-likeness (QED) is 0.665. The SMILES string of the molecule is CCCOc1ccc(C(=O)ON=C2[C@H](C)C[NH+](C)C[C@H]2C)cc1. The molecule has 5 nitrogen and oxygen atoms in total. The van der Waals surface area contributed by atoms with Crippen molar-refractivity contribution in [3.8, 4) is 5.75 Å². The first-order chi connectivity index (χ1) is 11.0. The summed E-state index contributed by atoms with van der Waals surface area (Å²) in [7, 11) is 2.18. The molecule has 0 bridgehead atoms. The molecular weight excluding hydrogens is 292 g/mol. The van der Waals surface area contributed by atoms with Crippen molar-refractivity contribution in [3.63, 3.8) is 0 Å². The second-order valence-electron chi connectivity index (χ2n) is 6.44. The number of nitrogens with one attached hydrogen (secondary N) is 1. The number of oxime groups is 1. The molecule has 1 aromatic carbocycles. The van der Waals surface area contributed by atoms with E-state index in [4.69, 9.17) is 9.57 Å². The molecule has 1 aliphatic rings. The fourth-order valence-corrected chi connectivity index (χ4v) is 3.06. The molecule has 126 valence electrons. The number of nitrogens with zero attached hydrogens (tertiary/aromatic N) is 1. The Hall–Kier alpha value is -1.88. The van der Waals surface area contributed by atoms with Crippen LogP contribution in [0.25, 0.3) is 0 Å². The third-order valence-electron chi connectivity index (χ3n) is 4.12. The first kappa shape index (κ1) is 17.5. The third kappa shape index (κ3) is 4.79. The molecule has 1 aromatic rings. The van der Waals surface area contributed by atoms with Crippen LogP contribution in [0, 0.1) is 11.8 Å². The van der Waals surface area contributed by atoms with Gasteiger partial charge < -0.3 is 14.5 Å². The number of piperidine rings is 1. The van der Waals surface area contributed by atoms with Gasteiger partial charge in [0.25, 0.3) is 0 Å². The lowest BCUT2D eigenvalue weighted by atomic mass is 9.90. The zero-order valence-electron chi connectivity index (χ0n) is 14.5. The molecule has 0 unspecified atom stereocenters. The molecule has 0 aliphatic carbocycles. The van der Waals surface area contributed by atoms with Gasteiger partial charge in [-0.15, -0.1) is 0 Å². The lowest BCUT2D eigenvalue weighted by Crippen LogP contribution is -3.12. The summed E-state index contributed by atoms with van der Waals surface area (Å²) < 4.78 is 5.50. The Bertz CT molecular complexity index is 540. The van der Waals surface area contributed by atoms with Crippen molar-refractivity contribution >= 4 is 11.7 Å². The fraction of sp³-hybridized carbons (Fsp3) is 0.556. The summed E-state index contributed by atoms with van der Waals surface area (Å²) in [6.07, 6.45) is 0.953. The Morgan fingerprint density at radius 3 is 2.39 bits per heavy atom. The number of ether oxygens (including phenoxy) is 1. The number of likely N-dealkylation sites (tertiary alicyclic amines) is 1. The van der Waals surface area contributed by atoms with Gasteiger partial charge in [-0.1, -0.05) is 25.9 Å². The Balaban J connectivity index is 1.97. The largest absolute Gasteiger partial charge is 0.494 e. The minimum absolute atomic E-state index is 0.330. The predicted molar refractivity (Wildman–Crippen MR) is 90.0 cm³/mol. The number of quaternary nitrogens is 1. The maximum atomic E-state index is 12.1. The highest BCUT2D eigenvalue weighted by Crippen LogP contribution is 2.15. The molecule has 2 atom stereocenters. The van der Waals surface area contributed by atoms with Gasteiger partial charge in [0.2, 0.25) is 0 Å².